The lowest BCUT2D eigenvalue weighted by atomic mass is 10.1. The summed E-state index contributed by atoms with van der Waals surface area (Å²) in [6.07, 6.45) is 1.83. The predicted molar refractivity (Wildman–Crippen MR) is 62.9 cm³/mol. The van der Waals surface area contributed by atoms with Crippen LogP contribution in [0.2, 0.25) is 0 Å². The number of benzene rings is 1. The van der Waals surface area contributed by atoms with Crippen molar-refractivity contribution in [3.05, 3.63) is 29.6 Å². The zero-order chi connectivity index (χ0) is 11.5. The second kappa shape index (κ2) is 4.35. The van der Waals surface area contributed by atoms with E-state index in [1.54, 1.807) is 0 Å². The number of anilines is 1. The zero-order valence-electron chi connectivity index (χ0n) is 9.53. The van der Waals surface area contributed by atoms with Crippen molar-refractivity contribution in [1.29, 1.82) is 0 Å². The first-order chi connectivity index (χ1) is 7.72. The average Bonchev–Trinajstić information content (AvgIpc) is 2.67. The lowest BCUT2D eigenvalue weighted by Gasteiger charge is -2.03. The molecule has 1 heterocycles. The first-order valence-corrected chi connectivity index (χ1v) is 5.40. The zero-order valence-corrected chi connectivity index (χ0v) is 9.53. The Morgan fingerprint density at radius 1 is 1.38 bits per heavy atom. The molecule has 0 radical (unpaired) electrons. The fourth-order valence-corrected chi connectivity index (χ4v) is 1.66. The molecule has 0 atom stereocenters. The van der Waals surface area contributed by atoms with Crippen LogP contribution in [0.25, 0.3) is 11.5 Å². The molecule has 0 fully saturated rings. The van der Waals surface area contributed by atoms with E-state index in [4.69, 9.17) is 10.3 Å². The van der Waals surface area contributed by atoms with Gasteiger partial charge in [-0.2, -0.15) is 4.98 Å². The third kappa shape index (κ3) is 1.91. The van der Waals surface area contributed by atoms with Crippen LogP contribution in [-0.4, -0.2) is 10.1 Å². The summed E-state index contributed by atoms with van der Waals surface area (Å²) in [4.78, 5) is 4.33. The fourth-order valence-electron chi connectivity index (χ4n) is 1.66. The highest BCUT2D eigenvalue weighted by Gasteiger charge is 2.13. The second-order valence-electron chi connectivity index (χ2n) is 3.80. The molecule has 0 aliphatic carbocycles. The molecule has 0 unspecified atom stereocenters. The minimum absolute atomic E-state index is 0.513. The van der Waals surface area contributed by atoms with Gasteiger partial charge in [0.05, 0.1) is 5.56 Å². The highest BCUT2D eigenvalue weighted by atomic mass is 16.5. The van der Waals surface area contributed by atoms with Gasteiger partial charge in [0.1, 0.15) is 0 Å². The van der Waals surface area contributed by atoms with Gasteiger partial charge in [-0.15, -0.1) is 0 Å². The summed E-state index contributed by atoms with van der Waals surface area (Å²) < 4.78 is 5.22. The summed E-state index contributed by atoms with van der Waals surface area (Å²) in [6, 6.07) is 5.74. The summed E-state index contributed by atoms with van der Waals surface area (Å²) in [5.74, 6) is 1.25. The van der Waals surface area contributed by atoms with Gasteiger partial charge < -0.3 is 10.3 Å². The molecule has 16 heavy (non-hydrogen) atoms. The molecule has 2 aromatic rings. The highest BCUT2D eigenvalue weighted by Crippen LogP contribution is 2.27. The average molecular weight is 217 g/mol. The van der Waals surface area contributed by atoms with Crippen molar-refractivity contribution >= 4 is 5.69 Å². The molecule has 2 N–H and O–H groups in total. The van der Waals surface area contributed by atoms with Crippen molar-refractivity contribution in [2.45, 2.75) is 26.7 Å². The van der Waals surface area contributed by atoms with E-state index in [1.807, 2.05) is 25.1 Å². The molecule has 0 saturated heterocycles. The van der Waals surface area contributed by atoms with E-state index in [-0.39, 0.29) is 0 Å². The van der Waals surface area contributed by atoms with E-state index in [0.717, 1.165) is 29.8 Å². The molecular weight excluding hydrogens is 202 g/mol. The fraction of sp³-hybridized carbons (Fsp3) is 0.333. The third-order valence-electron chi connectivity index (χ3n) is 2.46. The van der Waals surface area contributed by atoms with Gasteiger partial charge in [-0.05, 0) is 25.0 Å². The first kappa shape index (κ1) is 10.7. The maximum Gasteiger partial charge on any atom is 0.260 e. The van der Waals surface area contributed by atoms with Crippen LogP contribution >= 0.6 is 0 Å². The molecule has 0 saturated carbocycles. The maximum atomic E-state index is 5.91. The summed E-state index contributed by atoms with van der Waals surface area (Å²) in [5.41, 5.74) is 8.47. The van der Waals surface area contributed by atoms with Gasteiger partial charge in [0.15, 0.2) is 5.82 Å². The molecule has 0 aliphatic rings. The molecule has 2 rings (SSSR count). The van der Waals surface area contributed by atoms with E-state index in [1.165, 1.54) is 0 Å². The topological polar surface area (TPSA) is 64.9 Å². The van der Waals surface area contributed by atoms with Crippen LogP contribution in [0.1, 0.15) is 24.7 Å². The minimum Gasteiger partial charge on any atom is -0.398 e. The van der Waals surface area contributed by atoms with Crippen molar-refractivity contribution in [3.63, 3.8) is 0 Å². The van der Waals surface area contributed by atoms with Crippen molar-refractivity contribution < 1.29 is 4.52 Å². The number of hydrogen-bond donors (Lipinski definition) is 1. The van der Waals surface area contributed by atoms with Crippen molar-refractivity contribution in [3.8, 4) is 11.5 Å². The Kier molecular flexibility index (Phi) is 2.90. The molecule has 0 amide bonds. The number of aromatic nitrogens is 2. The van der Waals surface area contributed by atoms with Gasteiger partial charge in [0.25, 0.3) is 5.89 Å². The van der Waals surface area contributed by atoms with Gasteiger partial charge in [-0.3, -0.25) is 0 Å². The van der Waals surface area contributed by atoms with Crippen LogP contribution < -0.4 is 5.73 Å². The maximum absolute atomic E-state index is 5.91. The van der Waals surface area contributed by atoms with Crippen molar-refractivity contribution in [1.82, 2.24) is 10.1 Å². The van der Waals surface area contributed by atoms with Crippen molar-refractivity contribution in [2.24, 2.45) is 0 Å². The van der Waals surface area contributed by atoms with Gasteiger partial charge in [0, 0.05) is 12.1 Å². The van der Waals surface area contributed by atoms with Crippen molar-refractivity contribution in [2.75, 3.05) is 5.73 Å². The van der Waals surface area contributed by atoms with Crippen LogP contribution in [0, 0.1) is 6.92 Å². The van der Waals surface area contributed by atoms with E-state index >= 15 is 0 Å². The largest absolute Gasteiger partial charge is 0.398 e. The molecule has 1 aromatic heterocycles. The van der Waals surface area contributed by atoms with Gasteiger partial charge in [-0.25, -0.2) is 0 Å². The first-order valence-electron chi connectivity index (χ1n) is 5.40. The number of rotatable bonds is 3. The SMILES string of the molecule is CCCc1noc(-c2c(C)cccc2N)n1. The summed E-state index contributed by atoms with van der Waals surface area (Å²) >= 11 is 0. The van der Waals surface area contributed by atoms with E-state index in [2.05, 4.69) is 17.1 Å². The number of hydrogen-bond acceptors (Lipinski definition) is 4. The lowest BCUT2D eigenvalue weighted by molar-refractivity contribution is 0.422. The van der Waals surface area contributed by atoms with Crippen LogP contribution in [0.4, 0.5) is 5.69 Å². The molecule has 0 aliphatic heterocycles. The molecule has 84 valence electrons. The van der Waals surface area contributed by atoms with Gasteiger partial charge in [0.2, 0.25) is 0 Å². The van der Waals surface area contributed by atoms with Crippen LogP contribution in [0.15, 0.2) is 22.7 Å². The number of nitrogens with zero attached hydrogens (tertiary/aromatic N) is 2. The molecule has 1 aromatic carbocycles. The van der Waals surface area contributed by atoms with Crippen LogP contribution in [0.3, 0.4) is 0 Å². The quantitative estimate of drug-likeness (QED) is 0.802. The standard InChI is InChI=1S/C12H15N3O/c1-3-5-10-14-12(16-15-10)11-8(2)6-4-7-9(11)13/h4,6-7H,3,5,13H2,1-2H3. The summed E-state index contributed by atoms with van der Waals surface area (Å²) in [5, 5.41) is 3.92. The molecule has 0 bridgehead atoms. The molecule has 0 spiro atoms. The number of aryl methyl sites for hydroxylation is 2. The Morgan fingerprint density at radius 3 is 2.88 bits per heavy atom. The monoisotopic (exact) mass is 217 g/mol. The number of nitrogen functional groups attached to an aromatic ring is 1. The predicted octanol–water partition coefficient (Wildman–Crippen LogP) is 2.58. The van der Waals surface area contributed by atoms with Gasteiger partial charge >= 0.3 is 0 Å². The van der Waals surface area contributed by atoms with Crippen LogP contribution in [0.5, 0.6) is 0 Å². The molecule has 4 heteroatoms. The summed E-state index contributed by atoms with van der Waals surface area (Å²) in [7, 11) is 0. The van der Waals surface area contributed by atoms with E-state index < -0.39 is 0 Å². The lowest BCUT2D eigenvalue weighted by Crippen LogP contribution is -1.93. The Bertz CT molecular complexity index is 471. The second-order valence-corrected chi connectivity index (χ2v) is 3.80. The smallest absolute Gasteiger partial charge is 0.260 e. The Hall–Kier alpha value is -1.84. The van der Waals surface area contributed by atoms with Gasteiger partial charge in [-0.1, -0.05) is 24.2 Å². The minimum atomic E-state index is 0.513. The highest BCUT2D eigenvalue weighted by molar-refractivity contribution is 5.73. The Balaban J connectivity index is 2.42. The third-order valence-corrected chi connectivity index (χ3v) is 2.46. The number of nitrogens with two attached hydrogens (primary N) is 1. The molecule has 4 nitrogen and oxygen atoms in total. The normalized spacial score (nSPS) is 10.6. The Morgan fingerprint density at radius 2 is 2.19 bits per heavy atom. The molecular formula is C12H15N3O. The van der Waals surface area contributed by atoms with Crippen LogP contribution in [-0.2, 0) is 6.42 Å². The Labute approximate surface area is 94.5 Å². The van der Waals surface area contributed by atoms with E-state index in [0.29, 0.717) is 11.6 Å². The summed E-state index contributed by atoms with van der Waals surface area (Å²) in [6.45, 7) is 4.06. The van der Waals surface area contributed by atoms with E-state index in [9.17, 15) is 0 Å².